The average molecular weight is 891 g/mol. The molecule has 6 aromatic heterocycles. The molecule has 2 aliphatic heterocycles. The van der Waals surface area contributed by atoms with Gasteiger partial charge >= 0.3 is 0 Å². The lowest BCUT2D eigenvalue weighted by atomic mass is 10.1. The highest BCUT2D eigenvalue weighted by Gasteiger charge is 2.26. The summed E-state index contributed by atoms with van der Waals surface area (Å²) in [6, 6.07) is 22.2. The first kappa shape index (κ1) is 42.4. The van der Waals surface area contributed by atoms with Gasteiger partial charge in [0.1, 0.15) is 57.3 Å². The Morgan fingerprint density at radius 2 is 1.03 bits per heavy atom. The Hall–Kier alpha value is -6.86. The fourth-order valence-electron chi connectivity index (χ4n) is 7.64. The zero-order valence-corrected chi connectivity index (χ0v) is 36.8. The van der Waals surface area contributed by atoms with E-state index in [0.29, 0.717) is 34.4 Å². The van der Waals surface area contributed by atoms with Gasteiger partial charge in [-0.25, -0.2) is 29.9 Å². The summed E-state index contributed by atoms with van der Waals surface area (Å²) < 4.78 is 4.07. The minimum Gasteiger partial charge on any atom is -0.382 e. The number of aromatic nitrogens is 8. The van der Waals surface area contributed by atoms with Gasteiger partial charge in [-0.1, -0.05) is 24.3 Å². The number of hydrogen-bond donors (Lipinski definition) is 6. The van der Waals surface area contributed by atoms with Crippen molar-refractivity contribution in [1.82, 2.24) is 49.3 Å². The molecule has 2 aromatic carbocycles. The maximum absolute atomic E-state index is 12.6. The van der Waals surface area contributed by atoms with Crippen LogP contribution in [0.2, 0.25) is 0 Å². The van der Waals surface area contributed by atoms with Crippen molar-refractivity contribution in [3.63, 3.8) is 0 Å². The first-order chi connectivity index (χ1) is 31.2. The zero-order chi connectivity index (χ0) is 44.2. The van der Waals surface area contributed by atoms with E-state index in [1.165, 1.54) is 0 Å². The number of rotatable bonds is 8. The molecule has 10 rings (SSSR count). The first-order valence-electron chi connectivity index (χ1n) is 20.8. The van der Waals surface area contributed by atoms with Crippen molar-refractivity contribution in [3.05, 3.63) is 144 Å². The predicted octanol–water partition coefficient (Wildman–Crippen LogP) is 6.62. The molecule has 324 valence electrons. The molecule has 0 aliphatic carbocycles. The Morgan fingerprint density at radius 3 is 1.41 bits per heavy atom. The van der Waals surface area contributed by atoms with Gasteiger partial charge in [-0.3, -0.25) is 18.4 Å². The molecular weight excluding hydrogens is 845 g/mol. The SMILES string of the molecule is Cc1ccnc(NC(=O)c2ccc(-c3nc(C4CNCCS4)n4ccnc(N)c34)cc2)c1.Cc1ccnc(NC(=O)c2ccc(-c3nc(C4CNCCS4)n4ccnc(N)c34)cc2)c1. The Bertz CT molecular complexity index is 2760. The Balaban J connectivity index is 0.000000162. The number of nitrogens with one attached hydrogen (secondary N) is 4. The van der Waals surface area contributed by atoms with E-state index in [1.807, 2.05) is 107 Å². The molecule has 2 atom stereocenters. The van der Waals surface area contributed by atoms with Gasteiger partial charge in [0.25, 0.3) is 11.8 Å². The summed E-state index contributed by atoms with van der Waals surface area (Å²) in [6.07, 6.45) is 10.6. The van der Waals surface area contributed by atoms with Gasteiger partial charge in [0.2, 0.25) is 0 Å². The van der Waals surface area contributed by atoms with E-state index < -0.39 is 0 Å². The van der Waals surface area contributed by atoms with Crippen LogP contribution in [-0.4, -0.2) is 88.2 Å². The highest BCUT2D eigenvalue weighted by molar-refractivity contribution is 7.99. The summed E-state index contributed by atoms with van der Waals surface area (Å²) in [5, 5.41) is 13.0. The molecule has 0 spiro atoms. The van der Waals surface area contributed by atoms with E-state index in [0.717, 1.165) is 94.0 Å². The molecule has 2 fully saturated rings. The van der Waals surface area contributed by atoms with E-state index in [-0.39, 0.29) is 22.3 Å². The fraction of sp³-hybridized carbons (Fsp3) is 0.217. The highest BCUT2D eigenvalue weighted by Crippen LogP contribution is 2.37. The number of nitrogens with two attached hydrogens (primary N) is 2. The zero-order valence-electron chi connectivity index (χ0n) is 35.2. The van der Waals surface area contributed by atoms with Crippen molar-refractivity contribution in [2.45, 2.75) is 24.3 Å². The van der Waals surface area contributed by atoms with Gasteiger partial charge in [-0.05, 0) is 73.5 Å². The van der Waals surface area contributed by atoms with Gasteiger partial charge in [-0.15, -0.1) is 23.5 Å². The third-order valence-electron chi connectivity index (χ3n) is 10.8. The van der Waals surface area contributed by atoms with Crippen LogP contribution < -0.4 is 32.7 Å². The number of carbonyl (C=O) groups is 2. The lowest BCUT2D eigenvalue weighted by Crippen LogP contribution is -2.29. The molecule has 18 heteroatoms. The monoisotopic (exact) mass is 890 g/mol. The van der Waals surface area contributed by atoms with Crippen molar-refractivity contribution < 1.29 is 9.59 Å². The number of nitrogen functional groups attached to an aromatic ring is 2. The summed E-state index contributed by atoms with van der Waals surface area (Å²) in [7, 11) is 0. The van der Waals surface area contributed by atoms with E-state index in [9.17, 15) is 9.59 Å². The van der Waals surface area contributed by atoms with E-state index in [2.05, 4.69) is 41.2 Å². The number of nitrogens with zero attached hydrogens (tertiary/aromatic N) is 8. The van der Waals surface area contributed by atoms with Crippen LogP contribution in [0, 0.1) is 13.8 Å². The maximum atomic E-state index is 12.6. The smallest absolute Gasteiger partial charge is 0.256 e. The third kappa shape index (κ3) is 9.12. The van der Waals surface area contributed by atoms with Crippen molar-refractivity contribution in [2.24, 2.45) is 0 Å². The van der Waals surface area contributed by atoms with Crippen LogP contribution in [0.25, 0.3) is 33.5 Å². The van der Waals surface area contributed by atoms with Crippen LogP contribution in [0.1, 0.15) is 54.0 Å². The number of thioether (sulfide) groups is 2. The molecule has 8 aromatic rings. The predicted molar refractivity (Wildman–Crippen MR) is 256 cm³/mol. The molecule has 2 amide bonds. The quantitative estimate of drug-likeness (QED) is 0.0944. The maximum Gasteiger partial charge on any atom is 0.256 e. The van der Waals surface area contributed by atoms with Crippen molar-refractivity contribution >= 4 is 69.6 Å². The summed E-state index contributed by atoms with van der Waals surface area (Å²) in [6.45, 7) is 7.64. The first-order valence-corrected chi connectivity index (χ1v) is 22.9. The van der Waals surface area contributed by atoms with Crippen LogP contribution in [-0.2, 0) is 0 Å². The minimum absolute atomic E-state index is 0.212. The van der Waals surface area contributed by atoms with Gasteiger partial charge in [-0.2, -0.15) is 0 Å². The van der Waals surface area contributed by atoms with Gasteiger partial charge in [0.05, 0.1) is 10.5 Å². The number of hydrogen-bond acceptors (Lipinski definition) is 14. The lowest BCUT2D eigenvalue weighted by molar-refractivity contribution is 0.101. The number of anilines is 4. The third-order valence-corrected chi connectivity index (χ3v) is 13.2. The number of amides is 2. The largest absolute Gasteiger partial charge is 0.382 e. The molecule has 8 heterocycles. The number of carbonyl (C=O) groups excluding carboxylic acids is 2. The molecule has 64 heavy (non-hydrogen) atoms. The topological polar surface area (TPSA) is 220 Å². The van der Waals surface area contributed by atoms with Gasteiger partial charge < -0.3 is 32.7 Å². The van der Waals surface area contributed by atoms with Crippen LogP contribution >= 0.6 is 23.5 Å². The van der Waals surface area contributed by atoms with Crippen LogP contribution in [0.3, 0.4) is 0 Å². The number of pyridine rings is 2. The van der Waals surface area contributed by atoms with E-state index in [1.54, 1.807) is 49.1 Å². The van der Waals surface area contributed by atoms with Crippen molar-refractivity contribution in [3.8, 4) is 22.5 Å². The second-order valence-corrected chi connectivity index (χ2v) is 17.9. The lowest BCUT2D eigenvalue weighted by Gasteiger charge is -2.21. The minimum atomic E-state index is -0.212. The molecule has 2 saturated heterocycles. The van der Waals surface area contributed by atoms with Crippen LogP contribution in [0.5, 0.6) is 0 Å². The second-order valence-electron chi connectivity index (χ2n) is 15.3. The molecule has 16 nitrogen and oxygen atoms in total. The number of fused-ring (bicyclic) bond motifs is 2. The molecule has 0 bridgehead atoms. The van der Waals surface area contributed by atoms with E-state index >= 15 is 0 Å². The fourth-order valence-corrected chi connectivity index (χ4v) is 9.83. The van der Waals surface area contributed by atoms with Crippen molar-refractivity contribution in [1.29, 1.82) is 0 Å². The summed E-state index contributed by atoms with van der Waals surface area (Å²) in [5.41, 5.74) is 20.5. The van der Waals surface area contributed by atoms with Crippen molar-refractivity contribution in [2.75, 3.05) is 59.8 Å². The van der Waals surface area contributed by atoms with E-state index in [4.69, 9.17) is 21.4 Å². The molecule has 2 aliphatic rings. The number of aryl methyl sites for hydroxylation is 2. The van der Waals surface area contributed by atoms with Crippen LogP contribution in [0.15, 0.2) is 110 Å². The molecule has 0 radical (unpaired) electrons. The summed E-state index contributed by atoms with van der Waals surface area (Å²) in [5.74, 6) is 5.48. The average Bonchev–Trinajstić information content (AvgIpc) is 3.91. The molecule has 8 N–H and O–H groups in total. The second kappa shape index (κ2) is 18.9. The summed E-state index contributed by atoms with van der Waals surface area (Å²) in [4.78, 5) is 52.1. The Kier molecular flexibility index (Phi) is 12.5. The van der Waals surface area contributed by atoms with Gasteiger partial charge in [0, 0.05) is 97.1 Å². The number of benzene rings is 2. The summed E-state index contributed by atoms with van der Waals surface area (Å²) >= 11 is 3.78. The highest BCUT2D eigenvalue weighted by atomic mass is 32.2. The van der Waals surface area contributed by atoms with Crippen LogP contribution in [0.4, 0.5) is 23.3 Å². The normalized spacial score (nSPS) is 16.2. The standard InChI is InChI=1S/2C23H23N7OS/c2*1-14-6-7-26-18(12-14)28-23(31)16-4-2-15(3-5-16)19-20-21(24)27-8-10-30(20)22(29-19)17-13-25-9-11-32-17/h2*2-8,10,12,17,25H,9,11,13H2,1H3,(H2,24,27)(H,26,28,31). The Morgan fingerprint density at radius 1 is 0.609 bits per heavy atom. The van der Waals surface area contributed by atoms with Gasteiger partial charge in [0.15, 0.2) is 0 Å². The molecular formula is C46H46N14O2S2. The molecule has 2 unspecified atom stereocenters. The molecule has 0 saturated carbocycles. The number of imidazole rings is 2. The Labute approximate surface area is 377 Å².